The summed E-state index contributed by atoms with van der Waals surface area (Å²) in [6, 6.07) is 13.5. The summed E-state index contributed by atoms with van der Waals surface area (Å²) in [5.74, 6) is -0.336. The van der Waals surface area contributed by atoms with E-state index in [0.29, 0.717) is 28.6 Å². The normalized spacial score (nSPS) is 10.2. The van der Waals surface area contributed by atoms with E-state index in [-0.39, 0.29) is 0 Å². The van der Waals surface area contributed by atoms with Crippen molar-refractivity contribution in [3.8, 4) is 5.75 Å². The van der Waals surface area contributed by atoms with Gasteiger partial charge in [0.25, 0.3) is 5.91 Å². The Labute approximate surface area is 151 Å². The third-order valence-electron chi connectivity index (χ3n) is 3.34. The topological polar surface area (TPSA) is 64.6 Å². The molecule has 6 heteroatoms. The summed E-state index contributed by atoms with van der Waals surface area (Å²) < 4.78 is 10.5. The Morgan fingerprint density at radius 1 is 1.08 bits per heavy atom. The van der Waals surface area contributed by atoms with Gasteiger partial charge in [0, 0.05) is 0 Å². The maximum absolute atomic E-state index is 12.0. The molecule has 132 valence electrons. The van der Waals surface area contributed by atoms with Crippen molar-refractivity contribution in [3.05, 3.63) is 59.1 Å². The quantitative estimate of drug-likeness (QED) is 0.562. The van der Waals surface area contributed by atoms with Crippen LogP contribution in [0.4, 0.5) is 5.69 Å². The highest BCUT2D eigenvalue weighted by atomic mass is 35.5. The summed E-state index contributed by atoms with van der Waals surface area (Å²) in [6.07, 6.45) is 2.03. The van der Waals surface area contributed by atoms with Crippen LogP contribution < -0.4 is 10.1 Å². The van der Waals surface area contributed by atoms with Gasteiger partial charge in [0.2, 0.25) is 0 Å². The lowest BCUT2D eigenvalue weighted by Crippen LogP contribution is -2.21. The van der Waals surface area contributed by atoms with Crippen molar-refractivity contribution < 1.29 is 19.1 Å². The Bertz CT molecular complexity index is 716. The Morgan fingerprint density at radius 2 is 1.80 bits per heavy atom. The molecule has 2 aromatic rings. The van der Waals surface area contributed by atoms with Gasteiger partial charge in [0.1, 0.15) is 5.75 Å². The summed E-state index contributed by atoms with van der Waals surface area (Å²) in [4.78, 5) is 23.8. The Kier molecular flexibility index (Phi) is 7.29. The lowest BCUT2D eigenvalue weighted by molar-refractivity contribution is -0.119. The standard InChI is InChI=1S/C19H20ClNO4/c1-2-3-12-24-15-10-8-14(9-11-15)19(23)25-13-18(22)21-17-7-5-4-6-16(17)20/h4-11H,2-3,12-13H2,1H3,(H,21,22). The molecule has 0 heterocycles. The maximum Gasteiger partial charge on any atom is 0.338 e. The van der Waals surface area contributed by atoms with Crippen LogP contribution in [0.25, 0.3) is 0 Å². The predicted molar refractivity (Wildman–Crippen MR) is 97.2 cm³/mol. The molecule has 0 aliphatic carbocycles. The van der Waals surface area contributed by atoms with Gasteiger partial charge in [-0.25, -0.2) is 4.79 Å². The summed E-state index contributed by atoms with van der Waals surface area (Å²) in [5.41, 5.74) is 0.826. The average molecular weight is 362 g/mol. The number of rotatable bonds is 8. The van der Waals surface area contributed by atoms with Gasteiger partial charge in [-0.05, 0) is 42.8 Å². The first kappa shape index (κ1) is 18.8. The van der Waals surface area contributed by atoms with E-state index in [2.05, 4.69) is 12.2 Å². The molecule has 2 rings (SSSR count). The molecule has 25 heavy (non-hydrogen) atoms. The molecule has 1 amide bonds. The zero-order valence-corrected chi connectivity index (χ0v) is 14.7. The molecule has 0 radical (unpaired) electrons. The van der Waals surface area contributed by atoms with Crippen LogP contribution in [-0.4, -0.2) is 25.1 Å². The largest absolute Gasteiger partial charge is 0.494 e. The van der Waals surface area contributed by atoms with Crippen LogP contribution in [0.2, 0.25) is 5.02 Å². The van der Waals surface area contributed by atoms with Crippen LogP contribution in [0.1, 0.15) is 30.1 Å². The number of carbonyl (C=O) groups is 2. The smallest absolute Gasteiger partial charge is 0.338 e. The average Bonchev–Trinajstić information content (AvgIpc) is 2.62. The number of carbonyl (C=O) groups excluding carboxylic acids is 2. The van der Waals surface area contributed by atoms with Gasteiger partial charge in [-0.2, -0.15) is 0 Å². The van der Waals surface area contributed by atoms with Crippen LogP contribution >= 0.6 is 11.6 Å². The number of esters is 1. The predicted octanol–water partition coefficient (Wildman–Crippen LogP) is 4.31. The summed E-state index contributed by atoms with van der Waals surface area (Å²) >= 11 is 5.95. The molecule has 1 N–H and O–H groups in total. The van der Waals surface area contributed by atoms with Gasteiger partial charge in [0.05, 0.1) is 22.9 Å². The summed E-state index contributed by atoms with van der Waals surface area (Å²) in [6.45, 7) is 2.34. The van der Waals surface area contributed by atoms with Crippen LogP contribution in [-0.2, 0) is 9.53 Å². The molecule has 2 aromatic carbocycles. The van der Waals surface area contributed by atoms with Crippen molar-refractivity contribution >= 4 is 29.2 Å². The molecule has 0 saturated heterocycles. The van der Waals surface area contributed by atoms with Crippen molar-refractivity contribution in [3.63, 3.8) is 0 Å². The highest BCUT2D eigenvalue weighted by Gasteiger charge is 2.11. The number of hydrogen-bond acceptors (Lipinski definition) is 4. The molecule has 5 nitrogen and oxygen atoms in total. The minimum atomic E-state index is -0.575. The number of ether oxygens (including phenoxy) is 2. The monoisotopic (exact) mass is 361 g/mol. The van der Waals surface area contributed by atoms with Gasteiger partial charge in [-0.1, -0.05) is 37.1 Å². The van der Waals surface area contributed by atoms with Gasteiger partial charge in [-0.3, -0.25) is 4.79 Å². The van der Waals surface area contributed by atoms with E-state index in [0.717, 1.165) is 12.8 Å². The first-order valence-corrected chi connectivity index (χ1v) is 8.42. The molecular formula is C19H20ClNO4. The molecule has 0 aromatic heterocycles. The minimum Gasteiger partial charge on any atom is -0.494 e. The third-order valence-corrected chi connectivity index (χ3v) is 3.67. The van der Waals surface area contributed by atoms with Crippen molar-refractivity contribution in [1.82, 2.24) is 0 Å². The molecule has 0 bridgehead atoms. The first-order valence-electron chi connectivity index (χ1n) is 8.04. The molecule has 0 spiro atoms. The second kappa shape index (κ2) is 9.69. The van der Waals surface area contributed by atoms with E-state index in [1.807, 2.05) is 0 Å². The lowest BCUT2D eigenvalue weighted by atomic mass is 10.2. The molecule has 0 atom stereocenters. The van der Waals surface area contributed by atoms with E-state index in [1.165, 1.54) is 0 Å². The first-order chi connectivity index (χ1) is 12.1. The fourth-order valence-corrected chi connectivity index (χ4v) is 2.17. The molecule has 0 aliphatic rings. The van der Waals surface area contributed by atoms with Gasteiger partial charge >= 0.3 is 5.97 Å². The Morgan fingerprint density at radius 3 is 2.48 bits per heavy atom. The number of amides is 1. The zero-order valence-electron chi connectivity index (χ0n) is 14.0. The van der Waals surface area contributed by atoms with E-state index >= 15 is 0 Å². The lowest BCUT2D eigenvalue weighted by Gasteiger charge is -2.08. The number of anilines is 1. The van der Waals surface area contributed by atoms with Crippen LogP contribution in [0.3, 0.4) is 0 Å². The fraction of sp³-hybridized carbons (Fsp3) is 0.263. The molecule has 0 fully saturated rings. The second-order valence-electron chi connectivity index (χ2n) is 5.33. The van der Waals surface area contributed by atoms with Crippen LogP contribution in [0, 0.1) is 0 Å². The van der Waals surface area contributed by atoms with E-state index in [4.69, 9.17) is 21.1 Å². The van der Waals surface area contributed by atoms with Crippen molar-refractivity contribution in [1.29, 1.82) is 0 Å². The minimum absolute atomic E-state index is 0.355. The molecule has 0 aliphatic heterocycles. The number of nitrogens with one attached hydrogen (secondary N) is 1. The van der Waals surface area contributed by atoms with Crippen molar-refractivity contribution in [2.24, 2.45) is 0 Å². The molecule has 0 unspecified atom stereocenters. The second-order valence-corrected chi connectivity index (χ2v) is 5.74. The van der Waals surface area contributed by atoms with E-state index in [1.54, 1.807) is 48.5 Å². The van der Waals surface area contributed by atoms with Crippen LogP contribution in [0.15, 0.2) is 48.5 Å². The Balaban J connectivity index is 1.81. The SMILES string of the molecule is CCCCOc1ccc(C(=O)OCC(=O)Nc2ccccc2Cl)cc1. The number of unbranched alkanes of at least 4 members (excludes halogenated alkanes) is 1. The summed E-state index contributed by atoms with van der Waals surface area (Å²) in [5, 5.41) is 3.00. The van der Waals surface area contributed by atoms with E-state index in [9.17, 15) is 9.59 Å². The van der Waals surface area contributed by atoms with Crippen molar-refractivity contribution in [2.75, 3.05) is 18.5 Å². The van der Waals surface area contributed by atoms with Gasteiger partial charge in [0.15, 0.2) is 6.61 Å². The van der Waals surface area contributed by atoms with Crippen molar-refractivity contribution in [2.45, 2.75) is 19.8 Å². The Hall–Kier alpha value is -2.53. The molecule has 0 saturated carbocycles. The zero-order chi connectivity index (χ0) is 18.1. The number of halogens is 1. The van der Waals surface area contributed by atoms with Gasteiger partial charge in [-0.15, -0.1) is 0 Å². The highest BCUT2D eigenvalue weighted by Crippen LogP contribution is 2.20. The maximum atomic E-state index is 12.0. The van der Waals surface area contributed by atoms with Gasteiger partial charge < -0.3 is 14.8 Å². The number of hydrogen-bond donors (Lipinski definition) is 1. The molecular weight excluding hydrogens is 342 g/mol. The summed E-state index contributed by atoms with van der Waals surface area (Å²) in [7, 11) is 0. The number of para-hydroxylation sites is 1. The highest BCUT2D eigenvalue weighted by molar-refractivity contribution is 6.33. The van der Waals surface area contributed by atoms with E-state index < -0.39 is 18.5 Å². The third kappa shape index (κ3) is 6.12. The van der Waals surface area contributed by atoms with Crippen LogP contribution in [0.5, 0.6) is 5.75 Å². The fourth-order valence-electron chi connectivity index (χ4n) is 1.98. The number of benzene rings is 2.